The molecule has 30 heavy (non-hydrogen) atoms. The van der Waals surface area contributed by atoms with E-state index in [1.807, 2.05) is 37.3 Å². The van der Waals surface area contributed by atoms with Gasteiger partial charge in [-0.1, -0.05) is 24.6 Å². The van der Waals surface area contributed by atoms with Gasteiger partial charge in [0.15, 0.2) is 11.3 Å². The van der Waals surface area contributed by atoms with E-state index in [9.17, 15) is 9.90 Å². The molecule has 7 nitrogen and oxygen atoms in total. The van der Waals surface area contributed by atoms with E-state index in [-0.39, 0.29) is 11.8 Å². The van der Waals surface area contributed by atoms with Crippen LogP contribution in [0.3, 0.4) is 0 Å². The zero-order chi connectivity index (χ0) is 20.7. The zero-order valence-electron chi connectivity index (χ0n) is 17.1. The Bertz CT molecular complexity index is 1070. The van der Waals surface area contributed by atoms with Crippen LogP contribution >= 0.6 is 0 Å². The number of benzene rings is 1. The van der Waals surface area contributed by atoms with Crippen LogP contribution in [0, 0.1) is 6.92 Å². The van der Waals surface area contributed by atoms with Crippen LogP contribution in [0.4, 0.5) is 0 Å². The Morgan fingerprint density at radius 1 is 1.13 bits per heavy atom. The number of likely N-dealkylation sites (tertiary alicyclic amines) is 1. The molecule has 1 N–H and O–H groups in total. The second-order valence-electron chi connectivity index (χ2n) is 8.30. The third-order valence-corrected chi connectivity index (χ3v) is 6.27. The molecule has 0 bridgehead atoms. The summed E-state index contributed by atoms with van der Waals surface area (Å²) in [6.07, 6.45) is 5.97. The molecule has 0 unspecified atom stereocenters. The maximum atomic E-state index is 11.7. The molecule has 3 heterocycles. The number of ether oxygens (including phenoxy) is 1. The summed E-state index contributed by atoms with van der Waals surface area (Å²) in [6.45, 7) is 4.28. The van der Waals surface area contributed by atoms with Gasteiger partial charge in [0.1, 0.15) is 11.9 Å². The molecule has 1 aliphatic carbocycles. The van der Waals surface area contributed by atoms with Crippen LogP contribution in [-0.2, 0) is 0 Å². The van der Waals surface area contributed by atoms with Gasteiger partial charge in [-0.15, -0.1) is 0 Å². The van der Waals surface area contributed by atoms with Crippen LogP contribution in [0.1, 0.15) is 48.3 Å². The van der Waals surface area contributed by atoms with E-state index in [1.54, 1.807) is 10.7 Å². The first-order chi connectivity index (χ1) is 14.6. The topological polar surface area (TPSA) is 80.5 Å². The number of aromatic carboxylic acids is 1. The number of nitrogens with zero attached hydrogens (tertiary/aromatic N) is 4. The lowest BCUT2D eigenvalue weighted by molar-refractivity contribution is 0.00953. The van der Waals surface area contributed by atoms with Crippen molar-refractivity contribution in [1.82, 2.24) is 19.7 Å². The van der Waals surface area contributed by atoms with Gasteiger partial charge in [0.05, 0.1) is 16.8 Å². The first-order valence-corrected chi connectivity index (χ1v) is 10.7. The normalized spacial score (nSPS) is 22.0. The van der Waals surface area contributed by atoms with E-state index in [0.717, 1.165) is 29.6 Å². The average Bonchev–Trinajstić information content (AvgIpc) is 3.08. The molecule has 1 aliphatic heterocycles. The third-order valence-electron chi connectivity index (χ3n) is 6.27. The molecule has 5 rings (SSSR count). The first kappa shape index (κ1) is 19.1. The lowest BCUT2D eigenvalue weighted by Gasteiger charge is -2.44. The Labute approximate surface area is 175 Å². The van der Waals surface area contributed by atoms with Crippen molar-refractivity contribution in [2.24, 2.45) is 0 Å². The summed E-state index contributed by atoms with van der Waals surface area (Å²) in [5.41, 5.74) is 2.10. The van der Waals surface area contributed by atoms with Gasteiger partial charge in [0.25, 0.3) is 0 Å². The predicted molar refractivity (Wildman–Crippen MR) is 113 cm³/mol. The highest BCUT2D eigenvalue weighted by atomic mass is 16.5. The minimum atomic E-state index is -1.07. The number of carboxylic acid groups (broad SMARTS) is 1. The van der Waals surface area contributed by atoms with E-state index in [1.165, 1.54) is 32.4 Å². The highest BCUT2D eigenvalue weighted by Crippen LogP contribution is 2.36. The van der Waals surface area contributed by atoms with Gasteiger partial charge in [0.2, 0.25) is 0 Å². The average molecular weight is 406 g/mol. The minimum absolute atomic E-state index is 0.0264. The molecule has 156 valence electrons. The Balaban J connectivity index is 1.46. The molecule has 2 aliphatic rings. The number of para-hydroxylation sites is 1. The van der Waals surface area contributed by atoms with Gasteiger partial charge in [0, 0.05) is 24.9 Å². The predicted octanol–water partition coefficient (Wildman–Crippen LogP) is 3.82. The summed E-state index contributed by atoms with van der Waals surface area (Å²) in [7, 11) is 0. The van der Waals surface area contributed by atoms with Crippen LogP contribution in [-0.4, -0.2) is 56.0 Å². The quantitative estimate of drug-likeness (QED) is 0.694. The van der Waals surface area contributed by atoms with Crippen molar-refractivity contribution >= 4 is 17.0 Å². The van der Waals surface area contributed by atoms with Gasteiger partial charge < -0.3 is 14.7 Å². The van der Waals surface area contributed by atoms with Crippen LogP contribution in [0.5, 0.6) is 5.75 Å². The second-order valence-corrected chi connectivity index (χ2v) is 8.30. The first-order valence-electron chi connectivity index (χ1n) is 10.7. The summed E-state index contributed by atoms with van der Waals surface area (Å²) in [4.78, 5) is 18.7. The lowest BCUT2D eigenvalue weighted by Crippen LogP contribution is -2.50. The Morgan fingerprint density at radius 3 is 2.57 bits per heavy atom. The van der Waals surface area contributed by atoms with Crippen molar-refractivity contribution in [3.8, 4) is 11.4 Å². The summed E-state index contributed by atoms with van der Waals surface area (Å²) in [5, 5.41) is 15.0. The van der Waals surface area contributed by atoms with Gasteiger partial charge in [-0.3, -0.25) is 0 Å². The Morgan fingerprint density at radius 2 is 1.87 bits per heavy atom. The minimum Gasteiger partial charge on any atom is -0.489 e. The number of fused-ring (bicyclic) bond motifs is 1. The van der Waals surface area contributed by atoms with Gasteiger partial charge in [-0.25, -0.2) is 14.5 Å². The fraction of sp³-hybridized carbons (Fsp3) is 0.435. The molecule has 0 amide bonds. The molecule has 1 saturated carbocycles. The molecule has 0 spiro atoms. The van der Waals surface area contributed by atoms with E-state index in [2.05, 4.69) is 15.0 Å². The van der Waals surface area contributed by atoms with E-state index in [0.29, 0.717) is 17.4 Å². The van der Waals surface area contributed by atoms with Crippen molar-refractivity contribution in [2.45, 2.75) is 51.2 Å². The van der Waals surface area contributed by atoms with Crippen LogP contribution in [0.2, 0.25) is 0 Å². The van der Waals surface area contributed by atoms with Crippen molar-refractivity contribution < 1.29 is 14.6 Å². The smallest absolute Gasteiger partial charge is 0.354 e. The number of rotatable bonds is 5. The maximum absolute atomic E-state index is 11.7. The van der Waals surface area contributed by atoms with E-state index >= 15 is 0 Å². The van der Waals surface area contributed by atoms with Gasteiger partial charge in [-0.2, -0.15) is 5.10 Å². The van der Waals surface area contributed by atoms with Gasteiger partial charge >= 0.3 is 5.97 Å². The highest BCUT2D eigenvalue weighted by Gasteiger charge is 2.36. The number of carboxylic acids is 1. The Kier molecular flexibility index (Phi) is 4.90. The summed E-state index contributed by atoms with van der Waals surface area (Å²) >= 11 is 0. The Hall–Kier alpha value is -2.93. The molecule has 1 aromatic carbocycles. The van der Waals surface area contributed by atoms with Crippen LogP contribution < -0.4 is 4.74 Å². The third kappa shape index (κ3) is 3.43. The summed E-state index contributed by atoms with van der Waals surface area (Å²) < 4.78 is 8.02. The molecule has 3 aromatic rings. The lowest BCUT2D eigenvalue weighted by atomic mass is 9.86. The number of pyridine rings is 1. The van der Waals surface area contributed by atoms with Crippen LogP contribution in [0.25, 0.3) is 16.7 Å². The highest BCUT2D eigenvalue weighted by molar-refractivity contribution is 5.93. The van der Waals surface area contributed by atoms with Crippen molar-refractivity contribution in [1.29, 1.82) is 0 Å². The SMILES string of the molecule is Cc1nn(-c2ccccc2)c2nc(C(=O)O)cc(OC3CC(N4CCCCC4)C3)c12. The molecule has 0 atom stereocenters. The van der Waals surface area contributed by atoms with Crippen molar-refractivity contribution in [3.63, 3.8) is 0 Å². The number of hydrogen-bond donors (Lipinski definition) is 1. The molecule has 2 fully saturated rings. The molecule has 0 radical (unpaired) electrons. The number of piperidine rings is 1. The van der Waals surface area contributed by atoms with Crippen molar-refractivity contribution in [3.05, 3.63) is 47.8 Å². The molecular weight excluding hydrogens is 380 g/mol. The molecule has 2 aromatic heterocycles. The second kappa shape index (κ2) is 7.72. The summed E-state index contributed by atoms with van der Waals surface area (Å²) in [6, 6.07) is 11.8. The fourth-order valence-electron chi connectivity index (χ4n) is 4.60. The van der Waals surface area contributed by atoms with Crippen molar-refractivity contribution in [2.75, 3.05) is 13.1 Å². The maximum Gasteiger partial charge on any atom is 0.354 e. The molecular formula is C23H26N4O3. The fourth-order valence-corrected chi connectivity index (χ4v) is 4.60. The zero-order valence-corrected chi connectivity index (χ0v) is 17.1. The molecule has 1 saturated heterocycles. The van der Waals surface area contributed by atoms with E-state index in [4.69, 9.17) is 4.74 Å². The number of aryl methyl sites for hydroxylation is 1. The van der Waals surface area contributed by atoms with Gasteiger partial charge in [-0.05, 0) is 45.0 Å². The van der Waals surface area contributed by atoms with E-state index < -0.39 is 5.97 Å². The molecule has 7 heteroatoms. The summed E-state index contributed by atoms with van der Waals surface area (Å²) in [5.74, 6) is -0.501. The number of aromatic nitrogens is 3. The standard InChI is InChI=1S/C23H26N4O3/c1-15-21-20(30-18-12-17(13-18)26-10-6-3-7-11-26)14-19(23(28)29)24-22(21)27(25-15)16-8-4-2-5-9-16/h2,4-5,8-9,14,17-18H,3,6-7,10-13H2,1H3,(H,28,29). The monoisotopic (exact) mass is 406 g/mol. The number of hydrogen-bond acceptors (Lipinski definition) is 5. The number of carbonyl (C=O) groups is 1. The van der Waals surface area contributed by atoms with Crippen LogP contribution in [0.15, 0.2) is 36.4 Å². The largest absolute Gasteiger partial charge is 0.489 e.